The average Bonchev–Trinajstić information content (AvgIpc) is 3.54. The molecule has 0 spiro atoms. The second-order valence-corrected chi connectivity index (χ2v) is 11.1. The molecule has 1 aliphatic heterocycles. The molecule has 1 saturated heterocycles. The molecule has 0 saturated carbocycles. The molecule has 6 heteroatoms. The summed E-state index contributed by atoms with van der Waals surface area (Å²) in [5, 5.41) is 1.07. The Labute approximate surface area is 241 Å². The van der Waals surface area contributed by atoms with Crippen LogP contribution in [0, 0.1) is 0 Å². The van der Waals surface area contributed by atoms with Gasteiger partial charge in [-0.15, -0.1) is 0 Å². The smallest absolute Gasteiger partial charge is 0.421 e. The SMILES string of the molecule is CCCCC/C=C\C/C=C\CCCCCCCC(=O)OC(C)OC(=O)n1cc(C2CCN(C)C2)c2ccccc21. The van der Waals surface area contributed by atoms with Crippen LogP contribution in [0.2, 0.25) is 0 Å². The van der Waals surface area contributed by atoms with Gasteiger partial charge in [0.1, 0.15) is 0 Å². The van der Waals surface area contributed by atoms with Gasteiger partial charge in [0.15, 0.2) is 0 Å². The Bertz CT molecular complexity index is 1100. The minimum absolute atomic E-state index is 0.321. The Morgan fingerprint density at radius 1 is 0.950 bits per heavy atom. The molecular formula is C34H50N2O4. The van der Waals surface area contributed by atoms with E-state index < -0.39 is 12.4 Å². The zero-order valence-electron chi connectivity index (χ0n) is 25.0. The van der Waals surface area contributed by atoms with Crippen LogP contribution in [-0.4, -0.2) is 48.0 Å². The van der Waals surface area contributed by atoms with Crippen molar-refractivity contribution in [2.75, 3.05) is 20.1 Å². The van der Waals surface area contributed by atoms with Crippen molar-refractivity contribution < 1.29 is 19.1 Å². The molecule has 2 heterocycles. The van der Waals surface area contributed by atoms with Gasteiger partial charge in [0.2, 0.25) is 6.29 Å². The highest BCUT2D eigenvalue weighted by Gasteiger charge is 2.26. The van der Waals surface area contributed by atoms with Gasteiger partial charge in [0.25, 0.3) is 0 Å². The number of unbranched alkanes of at least 4 members (excludes halogenated alkanes) is 8. The van der Waals surface area contributed by atoms with Crippen LogP contribution in [0.25, 0.3) is 10.9 Å². The highest BCUT2D eigenvalue weighted by atomic mass is 16.7. The second kappa shape index (κ2) is 17.8. The van der Waals surface area contributed by atoms with Gasteiger partial charge in [-0.3, -0.25) is 9.36 Å². The van der Waals surface area contributed by atoms with Gasteiger partial charge < -0.3 is 14.4 Å². The zero-order valence-corrected chi connectivity index (χ0v) is 25.0. The lowest BCUT2D eigenvalue weighted by Gasteiger charge is -2.14. The van der Waals surface area contributed by atoms with Gasteiger partial charge in [-0.05, 0) is 76.1 Å². The fourth-order valence-corrected chi connectivity index (χ4v) is 5.42. The molecule has 0 radical (unpaired) electrons. The molecule has 6 nitrogen and oxygen atoms in total. The highest BCUT2D eigenvalue weighted by Crippen LogP contribution is 2.33. The fourth-order valence-electron chi connectivity index (χ4n) is 5.42. The third-order valence-corrected chi connectivity index (χ3v) is 7.67. The lowest BCUT2D eigenvalue weighted by Crippen LogP contribution is -2.24. The van der Waals surface area contributed by atoms with E-state index >= 15 is 0 Å². The van der Waals surface area contributed by atoms with Crippen LogP contribution >= 0.6 is 0 Å². The minimum Gasteiger partial charge on any atom is -0.425 e. The standard InChI is InChI=1S/C34H50N2O4/c1-4-5-6-7-8-9-10-11-12-13-14-15-16-17-18-23-33(37)39-28(2)40-34(38)36-27-31(29-24-25-35(3)26-29)30-21-19-20-22-32(30)36/h8-9,11-12,19-22,27-29H,4-7,10,13-18,23-26H2,1-3H3/b9-8-,12-11-. The number of aromatic nitrogens is 1. The van der Waals surface area contributed by atoms with Crippen molar-refractivity contribution in [1.82, 2.24) is 9.47 Å². The number of ether oxygens (including phenoxy) is 2. The van der Waals surface area contributed by atoms with Gasteiger partial charge in [-0.25, -0.2) is 4.79 Å². The summed E-state index contributed by atoms with van der Waals surface area (Å²) in [5.74, 6) is 0.0704. The molecule has 2 atom stereocenters. The van der Waals surface area contributed by atoms with Gasteiger partial charge >= 0.3 is 12.1 Å². The first kappa shape index (κ1) is 31.7. The highest BCUT2D eigenvalue weighted by molar-refractivity contribution is 5.92. The van der Waals surface area contributed by atoms with Gasteiger partial charge in [0, 0.05) is 31.5 Å². The lowest BCUT2D eigenvalue weighted by atomic mass is 9.98. The molecule has 40 heavy (non-hydrogen) atoms. The first-order valence-electron chi connectivity index (χ1n) is 15.5. The van der Waals surface area contributed by atoms with Crippen molar-refractivity contribution in [3.8, 4) is 0 Å². The number of hydrogen-bond donors (Lipinski definition) is 0. The molecule has 1 fully saturated rings. The molecule has 3 rings (SSSR count). The molecule has 2 unspecified atom stereocenters. The maximum Gasteiger partial charge on any atom is 0.421 e. The maximum absolute atomic E-state index is 13.0. The third kappa shape index (κ3) is 10.6. The Hall–Kier alpha value is -2.86. The van der Waals surface area contributed by atoms with Crippen molar-refractivity contribution >= 4 is 23.0 Å². The van der Waals surface area contributed by atoms with Crippen molar-refractivity contribution in [3.05, 3.63) is 60.3 Å². The molecule has 1 aromatic heterocycles. The van der Waals surface area contributed by atoms with E-state index in [9.17, 15) is 9.59 Å². The summed E-state index contributed by atoms with van der Waals surface area (Å²) < 4.78 is 12.4. The summed E-state index contributed by atoms with van der Waals surface area (Å²) >= 11 is 0. The predicted octanol–water partition coefficient (Wildman–Crippen LogP) is 8.75. The summed E-state index contributed by atoms with van der Waals surface area (Å²) in [6.07, 6.45) is 23.5. The van der Waals surface area contributed by atoms with Gasteiger partial charge in [-0.2, -0.15) is 0 Å². The molecule has 0 N–H and O–H groups in total. The fraction of sp³-hybridized carbons (Fsp3) is 0.588. The number of rotatable bonds is 17. The number of likely N-dealkylation sites (N-methyl/N-ethyl adjacent to an activating group) is 1. The molecule has 0 aliphatic carbocycles. The molecule has 220 valence electrons. The van der Waals surface area contributed by atoms with Crippen LogP contribution in [0.3, 0.4) is 0 Å². The minimum atomic E-state index is -0.930. The molecule has 1 aliphatic rings. The van der Waals surface area contributed by atoms with Crippen molar-refractivity contribution in [2.24, 2.45) is 0 Å². The quantitative estimate of drug-likeness (QED) is 0.0853. The first-order valence-corrected chi connectivity index (χ1v) is 15.5. The second-order valence-electron chi connectivity index (χ2n) is 11.1. The number of para-hydroxylation sites is 1. The van der Waals surface area contributed by atoms with E-state index in [0.29, 0.717) is 12.3 Å². The summed E-state index contributed by atoms with van der Waals surface area (Å²) in [6, 6.07) is 7.91. The number of allylic oxidation sites excluding steroid dienone is 4. The van der Waals surface area contributed by atoms with E-state index in [-0.39, 0.29) is 5.97 Å². The monoisotopic (exact) mass is 550 g/mol. The van der Waals surface area contributed by atoms with Crippen molar-refractivity contribution in [1.29, 1.82) is 0 Å². The van der Waals surface area contributed by atoms with Crippen LogP contribution < -0.4 is 0 Å². The van der Waals surface area contributed by atoms with E-state index in [0.717, 1.165) is 62.5 Å². The van der Waals surface area contributed by atoms with E-state index in [1.54, 1.807) is 11.5 Å². The van der Waals surface area contributed by atoms with Crippen LogP contribution in [0.5, 0.6) is 0 Å². The average molecular weight is 551 g/mol. The number of likely N-dealkylation sites (tertiary alicyclic amines) is 1. The van der Waals surface area contributed by atoms with Crippen LogP contribution in [0.4, 0.5) is 4.79 Å². The van der Waals surface area contributed by atoms with Crippen molar-refractivity contribution in [3.63, 3.8) is 0 Å². The zero-order chi connectivity index (χ0) is 28.6. The topological polar surface area (TPSA) is 60.8 Å². The maximum atomic E-state index is 13.0. The molecule has 1 aromatic carbocycles. The number of fused-ring (bicyclic) bond motifs is 1. The molecular weight excluding hydrogens is 500 g/mol. The summed E-state index contributed by atoms with van der Waals surface area (Å²) in [4.78, 5) is 27.6. The number of esters is 1. The van der Waals surface area contributed by atoms with E-state index in [1.165, 1.54) is 44.1 Å². The molecule has 2 aromatic rings. The third-order valence-electron chi connectivity index (χ3n) is 7.67. The van der Waals surface area contributed by atoms with E-state index in [1.807, 2.05) is 24.4 Å². The Morgan fingerprint density at radius 3 is 2.38 bits per heavy atom. The number of hydrogen-bond acceptors (Lipinski definition) is 5. The van der Waals surface area contributed by atoms with Gasteiger partial charge in [0.05, 0.1) is 5.52 Å². The lowest BCUT2D eigenvalue weighted by molar-refractivity contribution is -0.164. The molecule has 0 bridgehead atoms. The van der Waals surface area contributed by atoms with Crippen LogP contribution in [0.1, 0.15) is 109 Å². The molecule has 0 amide bonds. The Kier molecular flexibility index (Phi) is 14.1. The number of nitrogens with zero attached hydrogens (tertiary/aromatic N) is 2. The predicted molar refractivity (Wildman–Crippen MR) is 164 cm³/mol. The summed E-state index contributed by atoms with van der Waals surface area (Å²) in [5.41, 5.74) is 1.99. The number of carbonyl (C=O) groups excluding carboxylic acids is 2. The number of carbonyl (C=O) groups is 2. The first-order chi connectivity index (χ1) is 19.5. The van der Waals surface area contributed by atoms with Crippen molar-refractivity contribution in [2.45, 2.75) is 110 Å². The number of benzene rings is 1. The largest absolute Gasteiger partial charge is 0.425 e. The Morgan fingerprint density at radius 2 is 1.65 bits per heavy atom. The van der Waals surface area contributed by atoms with E-state index in [2.05, 4.69) is 49.2 Å². The summed E-state index contributed by atoms with van der Waals surface area (Å²) in [7, 11) is 2.12. The Balaban J connectivity index is 1.29. The normalized spacial score (nSPS) is 16.8. The van der Waals surface area contributed by atoms with Crippen LogP contribution in [-0.2, 0) is 14.3 Å². The van der Waals surface area contributed by atoms with Gasteiger partial charge in [-0.1, -0.05) is 81.5 Å². The van der Waals surface area contributed by atoms with Crippen LogP contribution in [0.15, 0.2) is 54.8 Å². The van der Waals surface area contributed by atoms with E-state index in [4.69, 9.17) is 9.47 Å². The summed E-state index contributed by atoms with van der Waals surface area (Å²) in [6.45, 7) is 5.87.